The number of ether oxygens (including phenoxy) is 1. The van der Waals surface area contributed by atoms with Crippen molar-refractivity contribution >= 4 is 17.4 Å². The van der Waals surface area contributed by atoms with Crippen LogP contribution < -0.4 is 10.5 Å². The van der Waals surface area contributed by atoms with Crippen LogP contribution in [0.25, 0.3) is 0 Å². The monoisotopic (exact) mass is 333 g/mol. The third kappa shape index (κ3) is 3.07. The van der Waals surface area contributed by atoms with Gasteiger partial charge in [0.2, 0.25) is 0 Å². The molecule has 0 saturated heterocycles. The summed E-state index contributed by atoms with van der Waals surface area (Å²) in [6.07, 6.45) is -4.67. The van der Waals surface area contributed by atoms with Gasteiger partial charge in [-0.15, -0.1) is 5.10 Å². The van der Waals surface area contributed by atoms with Crippen molar-refractivity contribution in [2.45, 2.75) is 6.18 Å². The van der Waals surface area contributed by atoms with Gasteiger partial charge in [0.25, 0.3) is 5.88 Å². The van der Waals surface area contributed by atoms with Crippen LogP contribution in [0.1, 0.15) is 16.1 Å². The summed E-state index contributed by atoms with van der Waals surface area (Å²) in [6.45, 7) is -0.260. The summed E-state index contributed by atoms with van der Waals surface area (Å²) in [5.74, 6) is -0.820. The molecule has 2 N–H and O–H groups in total. The van der Waals surface area contributed by atoms with Crippen molar-refractivity contribution < 1.29 is 22.7 Å². The van der Waals surface area contributed by atoms with E-state index in [0.29, 0.717) is 4.68 Å². The van der Waals surface area contributed by atoms with Gasteiger partial charge in [0.15, 0.2) is 11.5 Å². The Morgan fingerprint density at radius 2 is 2.05 bits per heavy atom. The number of carbonyl (C=O) groups is 1. The lowest BCUT2D eigenvalue weighted by Gasteiger charge is -2.08. The maximum Gasteiger partial charge on any atom is 0.434 e. The van der Waals surface area contributed by atoms with Gasteiger partial charge in [-0.25, -0.2) is 0 Å². The van der Waals surface area contributed by atoms with Crippen LogP contribution in [0.3, 0.4) is 0 Å². The Bertz CT molecular complexity index is 713. The van der Waals surface area contributed by atoms with Crippen molar-refractivity contribution in [1.82, 2.24) is 9.78 Å². The maximum absolute atomic E-state index is 12.9. The van der Waals surface area contributed by atoms with Crippen LogP contribution in [0.2, 0.25) is 5.02 Å². The van der Waals surface area contributed by atoms with Crippen molar-refractivity contribution in [3.05, 3.63) is 40.5 Å². The maximum atomic E-state index is 12.9. The standard InChI is InChI=1S/C13H11ClF3N3O2/c1-20-11(13(15,16)17)10(14)12(19-20)22-9-5-3-2-4-7(9)8(21)6-18/h2-5H,6,18H2,1H3. The molecule has 0 fully saturated rings. The van der Waals surface area contributed by atoms with Crippen LogP contribution in [-0.4, -0.2) is 22.1 Å². The fourth-order valence-corrected chi connectivity index (χ4v) is 2.15. The summed E-state index contributed by atoms with van der Waals surface area (Å²) in [4.78, 5) is 11.7. The first-order valence-electron chi connectivity index (χ1n) is 6.05. The molecule has 1 heterocycles. The van der Waals surface area contributed by atoms with Gasteiger partial charge in [0, 0.05) is 7.05 Å². The average Bonchev–Trinajstić information content (AvgIpc) is 2.72. The number of hydrogen-bond donors (Lipinski definition) is 1. The highest BCUT2D eigenvalue weighted by Gasteiger charge is 2.39. The number of Topliss-reactive ketones (excluding diaryl/α,β-unsaturated/α-hetero) is 1. The predicted octanol–water partition coefficient (Wildman–Crippen LogP) is 3.03. The molecule has 0 amide bonds. The normalized spacial score (nSPS) is 11.5. The molecule has 1 aromatic heterocycles. The number of benzene rings is 1. The molecule has 22 heavy (non-hydrogen) atoms. The number of nitrogens with zero attached hydrogens (tertiary/aromatic N) is 2. The zero-order valence-electron chi connectivity index (χ0n) is 11.3. The van der Waals surface area contributed by atoms with Gasteiger partial charge in [-0.2, -0.15) is 13.2 Å². The number of carbonyl (C=O) groups excluding carboxylic acids is 1. The topological polar surface area (TPSA) is 70.1 Å². The Kier molecular flexibility index (Phi) is 4.43. The molecule has 2 rings (SSSR count). The van der Waals surface area contributed by atoms with Gasteiger partial charge >= 0.3 is 6.18 Å². The van der Waals surface area contributed by atoms with Gasteiger partial charge in [0.05, 0.1) is 12.1 Å². The molecule has 0 spiro atoms. The second-order valence-electron chi connectivity index (χ2n) is 4.31. The summed E-state index contributed by atoms with van der Waals surface area (Å²) in [5.41, 5.74) is 4.29. The minimum atomic E-state index is -4.67. The van der Waals surface area contributed by atoms with E-state index in [1.807, 2.05) is 0 Å². The average molecular weight is 334 g/mol. The van der Waals surface area contributed by atoms with Crippen LogP contribution in [0.5, 0.6) is 11.6 Å². The molecule has 0 unspecified atom stereocenters. The van der Waals surface area contributed by atoms with Crippen molar-refractivity contribution in [3.63, 3.8) is 0 Å². The first kappa shape index (κ1) is 16.3. The summed E-state index contributed by atoms with van der Waals surface area (Å²) in [5, 5.41) is 2.92. The molecule has 118 valence electrons. The summed E-state index contributed by atoms with van der Waals surface area (Å²) in [6, 6.07) is 6.01. The molecule has 1 aromatic carbocycles. The van der Waals surface area contributed by atoms with E-state index in [1.54, 1.807) is 12.1 Å². The van der Waals surface area contributed by atoms with E-state index < -0.39 is 28.6 Å². The number of hydrogen-bond acceptors (Lipinski definition) is 4. The minimum Gasteiger partial charge on any atom is -0.436 e. The third-order valence-electron chi connectivity index (χ3n) is 2.81. The van der Waals surface area contributed by atoms with Crippen LogP contribution in [0, 0.1) is 0 Å². The lowest BCUT2D eigenvalue weighted by molar-refractivity contribution is -0.143. The molecular formula is C13H11ClF3N3O2. The summed E-state index contributed by atoms with van der Waals surface area (Å²) < 4.78 is 44.4. The minimum absolute atomic E-state index is 0.0340. The smallest absolute Gasteiger partial charge is 0.434 e. The quantitative estimate of drug-likeness (QED) is 0.873. The van der Waals surface area contributed by atoms with Crippen LogP contribution in [-0.2, 0) is 13.2 Å². The number of alkyl halides is 3. The predicted molar refractivity (Wildman–Crippen MR) is 73.1 cm³/mol. The molecule has 0 aliphatic heterocycles. The van der Waals surface area contributed by atoms with E-state index in [-0.39, 0.29) is 17.9 Å². The highest BCUT2D eigenvalue weighted by Crippen LogP contribution is 2.40. The lowest BCUT2D eigenvalue weighted by atomic mass is 10.1. The Balaban J connectivity index is 2.43. The Labute approximate surface area is 128 Å². The number of halogens is 4. The third-order valence-corrected chi connectivity index (χ3v) is 3.15. The van der Waals surface area contributed by atoms with E-state index >= 15 is 0 Å². The molecular weight excluding hydrogens is 323 g/mol. The Morgan fingerprint density at radius 3 is 2.59 bits per heavy atom. The Morgan fingerprint density at radius 1 is 1.41 bits per heavy atom. The molecule has 0 atom stereocenters. The van der Waals surface area contributed by atoms with E-state index in [4.69, 9.17) is 22.1 Å². The molecule has 0 radical (unpaired) electrons. The lowest BCUT2D eigenvalue weighted by Crippen LogP contribution is -2.14. The van der Waals surface area contributed by atoms with E-state index in [0.717, 1.165) is 7.05 Å². The van der Waals surface area contributed by atoms with Crippen LogP contribution in [0.15, 0.2) is 24.3 Å². The van der Waals surface area contributed by atoms with Gasteiger partial charge in [0.1, 0.15) is 10.8 Å². The molecule has 2 aromatic rings. The number of ketones is 1. The molecule has 5 nitrogen and oxygen atoms in total. The molecule has 0 aliphatic carbocycles. The van der Waals surface area contributed by atoms with E-state index in [1.165, 1.54) is 12.1 Å². The molecule has 0 aliphatic rings. The number of aryl methyl sites for hydroxylation is 1. The number of nitrogens with two attached hydrogens (primary N) is 1. The van der Waals surface area contributed by atoms with Gasteiger partial charge < -0.3 is 10.5 Å². The van der Waals surface area contributed by atoms with Gasteiger partial charge in [-0.3, -0.25) is 9.48 Å². The van der Waals surface area contributed by atoms with E-state index in [9.17, 15) is 18.0 Å². The van der Waals surface area contributed by atoms with Gasteiger partial charge in [-0.1, -0.05) is 23.7 Å². The Hall–Kier alpha value is -2.06. The SMILES string of the molecule is Cn1nc(Oc2ccccc2C(=O)CN)c(Cl)c1C(F)(F)F. The van der Waals surface area contributed by atoms with Crippen molar-refractivity contribution in [2.75, 3.05) is 6.54 Å². The molecule has 9 heteroatoms. The van der Waals surface area contributed by atoms with Crippen molar-refractivity contribution in [1.29, 1.82) is 0 Å². The molecule has 0 bridgehead atoms. The second-order valence-corrected chi connectivity index (χ2v) is 4.69. The van der Waals surface area contributed by atoms with Crippen molar-refractivity contribution in [2.24, 2.45) is 12.8 Å². The summed E-state index contributed by atoms with van der Waals surface area (Å²) in [7, 11) is 1.10. The number of aromatic nitrogens is 2. The summed E-state index contributed by atoms with van der Waals surface area (Å²) >= 11 is 5.69. The zero-order chi connectivity index (χ0) is 16.5. The number of para-hydroxylation sites is 1. The fraction of sp³-hybridized carbons (Fsp3) is 0.231. The molecule has 0 saturated carbocycles. The van der Waals surface area contributed by atoms with E-state index in [2.05, 4.69) is 5.10 Å². The number of rotatable bonds is 4. The van der Waals surface area contributed by atoms with Crippen molar-refractivity contribution in [3.8, 4) is 11.6 Å². The second kappa shape index (κ2) is 5.98. The largest absolute Gasteiger partial charge is 0.436 e. The highest BCUT2D eigenvalue weighted by molar-refractivity contribution is 6.32. The van der Waals surface area contributed by atoms with Crippen LogP contribution >= 0.6 is 11.6 Å². The fourth-order valence-electron chi connectivity index (χ4n) is 1.85. The highest BCUT2D eigenvalue weighted by atomic mass is 35.5. The first-order chi connectivity index (χ1) is 10.3. The first-order valence-corrected chi connectivity index (χ1v) is 6.43. The van der Waals surface area contributed by atoms with Crippen LogP contribution in [0.4, 0.5) is 13.2 Å². The van der Waals surface area contributed by atoms with Gasteiger partial charge in [-0.05, 0) is 12.1 Å². The zero-order valence-corrected chi connectivity index (χ0v) is 12.1.